The lowest BCUT2D eigenvalue weighted by atomic mass is 10.1. The number of carbonyl (C=O) groups is 1. The number of fused-ring (bicyclic) bond motifs is 1. The molecule has 1 aliphatic heterocycles. The number of rotatable bonds is 0. The normalized spacial score (nSPS) is 26.0. The second-order valence-corrected chi connectivity index (χ2v) is 5.16. The first-order valence-electron chi connectivity index (χ1n) is 4.33. The Labute approximate surface area is 83.6 Å². The van der Waals surface area contributed by atoms with Gasteiger partial charge in [0.25, 0.3) is 0 Å². The van der Waals surface area contributed by atoms with Crippen molar-refractivity contribution in [3.8, 4) is 0 Å². The molecule has 2 nitrogen and oxygen atoms in total. The Morgan fingerprint density at radius 1 is 1.50 bits per heavy atom. The van der Waals surface area contributed by atoms with Crippen molar-refractivity contribution < 1.29 is 13.4 Å². The van der Waals surface area contributed by atoms with E-state index in [1.807, 2.05) is 0 Å². The molecule has 1 aliphatic rings. The predicted octanol–water partition coefficient (Wildman–Crippen LogP) is 1.91. The molecule has 0 amide bonds. The minimum atomic E-state index is -1.39. The van der Waals surface area contributed by atoms with E-state index < -0.39 is 16.6 Å². The fourth-order valence-corrected chi connectivity index (χ4v) is 2.94. The van der Waals surface area contributed by atoms with Crippen molar-refractivity contribution in [3.63, 3.8) is 0 Å². The molecule has 1 aromatic carbocycles. The van der Waals surface area contributed by atoms with Crippen molar-refractivity contribution in [1.82, 2.24) is 0 Å². The number of ketones is 1. The molecule has 1 heterocycles. The van der Waals surface area contributed by atoms with E-state index in [0.29, 0.717) is 0 Å². The van der Waals surface area contributed by atoms with Gasteiger partial charge in [-0.2, -0.15) is 0 Å². The number of hydrogen-bond donors (Lipinski definition) is 0. The zero-order chi connectivity index (χ0) is 10.3. The average Bonchev–Trinajstić information content (AvgIpc) is 2.14. The number of carbonyl (C=O) groups excluding carboxylic acids is 1. The van der Waals surface area contributed by atoms with Crippen molar-refractivity contribution in [2.45, 2.75) is 23.5 Å². The second kappa shape index (κ2) is 3.28. The highest BCUT2D eigenvalue weighted by Gasteiger charge is 2.30. The Hall–Kier alpha value is -1.03. The molecule has 0 radical (unpaired) electrons. The molecule has 2 atom stereocenters. The Bertz CT molecular complexity index is 428. The van der Waals surface area contributed by atoms with Gasteiger partial charge in [0.05, 0.1) is 15.7 Å². The summed E-state index contributed by atoms with van der Waals surface area (Å²) in [5.74, 6) is -0.660. The van der Waals surface area contributed by atoms with E-state index in [1.54, 1.807) is 6.92 Å². The summed E-state index contributed by atoms with van der Waals surface area (Å²) in [6.07, 6.45) is 0.239. The third-order valence-electron chi connectivity index (χ3n) is 2.31. The standard InChI is InChI=1S/C10H9FO2S/c1-6-5-9(12)7-3-2-4-8(11)10(7)14(6)13/h2-4,6H,5H2,1H3. The van der Waals surface area contributed by atoms with E-state index in [1.165, 1.54) is 18.2 Å². The van der Waals surface area contributed by atoms with E-state index >= 15 is 0 Å². The van der Waals surface area contributed by atoms with Gasteiger partial charge >= 0.3 is 0 Å². The van der Waals surface area contributed by atoms with Crippen LogP contribution in [-0.4, -0.2) is 15.2 Å². The molecule has 4 heteroatoms. The van der Waals surface area contributed by atoms with Crippen LogP contribution in [0, 0.1) is 5.82 Å². The highest BCUT2D eigenvalue weighted by molar-refractivity contribution is 7.86. The second-order valence-electron chi connectivity index (χ2n) is 3.35. The van der Waals surface area contributed by atoms with Gasteiger partial charge in [0.2, 0.25) is 0 Å². The zero-order valence-corrected chi connectivity index (χ0v) is 8.44. The number of halogens is 1. The van der Waals surface area contributed by atoms with Crippen LogP contribution >= 0.6 is 0 Å². The van der Waals surface area contributed by atoms with E-state index in [-0.39, 0.29) is 27.9 Å². The van der Waals surface area contributed by atoms with Gasteiger partial charge < -0.3 is 0 Å². The Morgan fingerprint density at radius 2 is 2.21 bits per heavy atom. The van der Waals surface area contributed by atoms with Gasteiger partial charge in [-0.15, -0.1) is 0 Å². The molecular weight excluding hydrogens is 203 g/mol. The van der Waals surface area contributed by atoms with Crippen LogP contribution in [0.1, 0.15) is 23.7 Å². The molecule has 0 saturated heterocycles. The van der Waals surface area contributed by atoms with Crippen LogP contribution in [0.2, 0.25) is 0 Å². The topological polar surface area (TPSA) is 34.1 Å². The number of hydrogen-bond acceptors (Lipinski definition) is 2. The minimum Gasteiger partial charge on any atom is -0.294 e. The van der Waals surface area contributed by atoms with Crippen LogP contribution < -0.4 is 0 Å². The zero-order valence-electron chi connectivity index (χ0n) is 7.62. The largest absolute Gasteiger partial charge is 0.294 e. The highest BCUT2D eigenvalue weighted by atomic mass is 32.2. The third-order valence-corrected chi connectivity index (χ3v) is 4.02. The quantitative estimate of drug-likeness (QED) is 0.658. The van der Waals surface area contributed by atoms with E-state index in [0.717, 1.165) is 0 Å². The molecule has 0 spiro atoms. The van der Waals surface area contributed by atoms with Crippen LogP contribution in [0.25, 0.3) is 0 Å². The summed E-state index contributed by atoms with van der Waals surface area (Å²) in [6, 6.07) is 4.24. The van der Waals surface area contributed by atoms with Crippen molar-refractivity contribution >= 4 is 16.6 Å². The maximum absolute atomic E-state index is 13.3. The molecule has 2 unspecified atom stereocenters. The first kappa shape index (κ1) is 9.52. The van der Waals surface area contributed by atoms with Crippen molar-refractivity contribution in [1.29, 1.82) is 0 Å². The molecule has 14 heavy (non-hydrogen) atoms. The van der Waals surface area contributed by atoms with Gasteiger partial charge in [0.15, 0.2) is 5.78 Å². The molecule has 0 fully saturated rings. The van der Waals surface area contributed by atoms with Crippen LogP contribution in [0.3, 0.4) is 0 Å². The molecule has 1 aromatic rings. The first-order valence-corrected chi connectivity index (χ1v) is 5.55. The Kier molecular flexibility index (Phi) is 2.23. The molecule has 0 aromatic heterocycles. The summed E-state index contributed by atoms with van der Waals surface area (Å²) in [5.41, 5.74) is 0.279. The lowest BCUT2D eigenvalue weighted by Gasteiger charge is -2.19. The first-order chi connectivity index (χ1) is 6.61. The van der Waals surface area contributed by atoms with Crippen molar-refractivity contribution in [2.24, 2.45) is 0 Å². The van der Waals surface area contributed by atoms with E-state index in [4.69, 9.17) is 0 Å². The van der Waals surface area contributed by atoms with Gasteiger partial charge in [0.1, 0.15) is 5.82 Å². The molecule has 0 saturated carbocycles. The maximum Gasteiger partial charge on any atom is 0.165 e. The van der Waals surface area contributed by atoms with Crippen LogP contribution in [0.5, 0.6) is 0 Å². The third kappa shape index (κ3) is 1.30. The summed E-state index contributed by atoms with van der Waals surface area (Å²) in [7, 11) is -1.39. The van der Waals surface area contributed by atoms with Crippen molar-refractivity contribution in [3.05, 3.63) is 29.6 Å². The van der Waals surface area contributed by atoms with E-state index in [9.17, 15) is 13.4 Å². The molecule has 0 bridgehead atoms. The molecular formula is C10H9FO2S. The SMILES string of the molecule is CC1CC(=O)c2cccc(F)c2S1=O. The monoisotopic (exact) mass is 212 g/mol. The van der Waals surface area contributed by atoms with E-state index in [2.05, 4.69) is 0 Å². The molecule has 0 aliphatic carbocycles. The lowest BCUT2D eigenvalue weighted by molar-refractivity contribution is 0.0976. The summed E-state index contributed by atoms with van der Waals surface area (Å²) < 4.78 is 25.0. The fourth-order valence-electron chi connectivity index (χ4n) is 1.58. The highest BCUT2D eigenvalue weighted by Crippen LogP contribution is 2.28. The molecule has 0 N–H and O–H groups in total. The summed E-state index contributed by atoms with van der Waals surface area (Å²) >= 11 is 0. The average molecular weight is 212 g/mol. The van der Waals surface area contributed by atoms with Crippen LogP contribution in [-0.2, 0) is 10.8 Å². The van der Waals surface area contributed by atoms with Gasteiger partial charge in [-0.05, 0) is 12.1 Å². The summed E-state index contributed by atoms with van der Waals surface area (Å²) in [5, 5.41) is -0.285. The molecule has 2 rings (SSSR count). The smallest absolute Gasteiger partial charge is 0.165 e. The Morgan fingerprint density at radius 3 is 2.93 bits per heavy atom. The van der Waals surface area contributed by atoms with Crippen LogP contribution in [0.4, 0.5) is 4.39 Å². The van der Waals surface area contributed by atoms with Crippen LogP contribution in [0.15, 0.2) is 23.1 Å². The predicted molar refractivity (Wildman–Crippen MR) is 51.2 cm³/mol. The summed E-state index contributed by atoms with van der Waals surface area (Å²) in [6.45, 7) is 1.70. The van der Waals surface area contributed by atoms with Gasteiger partial charge in [-0.1, -0.05) is 13.0 Å². The number of benzene rings is 1. The summed E-state index contributed by atoms with van der Waals surface area (Å²) in [4.78, 5) is 11.6. The fraction of sp³-hybridized carbons (Fsp3) is 0.300. The number of Topliss-reactive ketones (excluding diaryl/α,β-unsaturated/α-hetero) is 1. The van der Waals surface area contributed by atoms with Gasteiger partial charge in [-0.3, -0.25) is 9.00 Å². The van der Waals surface area contributed by atoms with Gasteiger partial charge in [-0.25, -0.2) is 4.39 Å². The Balaban J connectivity index is 2.68. The lowest BCUT2D eigenvalue weighted by Crippen LogP contribution is -2.25. The maximum atomic E-state index is 13.3. The van der Waals surface area contributed by atoms with Crippen molar-refractivity contribution in [2.75, 3.05) is 0 Å². The van der Waals surface area contributed by atoms with Gasteiger partial charge in [0, 0.05) is 17.2 Å². The minimum absolute atomic E-state index is 0.0799. The molecule has 74 valence electrons.